The Morgan fingerprint density at radius 1 is 1.17 bits per heavy atom. The average Bonchev–Trinajstić information content (AvgIpc) is 2.69. The van der Waals surface area contributed by atoms with Crippen LogP contribution in [0.1, 0.15) is 27.9 Å². The van der Waals surface area contributed by atoms with Gasteiger partial charge in [-0.25, -0.2) is 12.8 Å². The number of ketones is 1. The number of hydrogen-bond donors (Lipinski definition) is 0. The maximum atomic E-state index is 13.7. The van der Waals surface area contributed by atoms with Gasteiger partial charge in [0.05, 0.1) is 9.37 Å². The van der Waals surface area contributed by atoms with Crippen LogP contribution >= 0.6 is 15.9 Å². The normalized spacial score (nSPS) is 15.9. The van der Waals surface area contributed by atoms with Gasteiger partial charge in [-0.05, 0) is 52.7 Å². The number of aryl methyl sites for hydroxylation is 1. The van der Waals surface area contributed by atoms with Gasteiger partial charge in [0.25, 0.3) is 0 Å². The highest BCUT2D eigenvalue weighted by molar-refractivity contribution is 9.10. The minimum Gasteiger partial charge on any atom is -0.294 e. The standard InChI is InChI=1S/C17H15BrFNO3S/c1-11-2-4-13(5-3-11)24(22,23)20-7-6-17(21)14-9-16(19)15(18)8-12(14)10-20/h2-5,8-9H,6-7,10H2,1H3. The highest BCUT2D eigenvalue weighted by Crippen LogP contribution is 2.28. The zero-order valence-corrected chi connectivity index (χ0v) is 15.3. The molecule has 24 heavy (non-hydrogen) atoms. The molecule has 0 bridgehead atoms. The smallest absolute Gasteiger partial charge is 0.243 e. The van der Waals surface area contributed by atoms with Gasteiger partial charge in [-0.15, -0.1) is 0 Å². The van der Waals surface area contributed by atoms with Gasteiger partial charge in [0.15, 0.2) is 5.78 Å². The number of fused-ring (bicyclic) bond motifs is 1. The molecule has 0 N–H and O–H groups in total. The zero-order chi connectivity index (χ0) is 17.5. The molecule has 4 nitrogen and oxygen atoms in total. The summed E-state index contributed by atoms with van der Waals surface area (Å²) < 4.78 is 40.9. The van der Waals surface area contributed by atoms with Crippen LogP contribution in [-0.4, -0.2) is 25.1 Å². The van der Waals surface area contributed by atoms with Gasteiger partial charge < -0.3 is 0 Å². The van der Waals surface area contributed by atoms with E-state index >= 15 is 0 Å². The van der Waals surface area contributed by atoms with Crippen molar-refractivity contribution in [2.24, 2.45) is 0 Å². The largest absolute Gasteiger partial charge is 0.294 e. The highest BCUT2D eigenvalue weighted by atomic mass is 79.9. The van der Waals surface area contributed by atoms with Crippen molar-refractivity contribution in [2.45, 2.75) is 24.8 Å². The number of benzene rings is 2. The van der Waals surface area contributed by atoms with Gasteiger partial charge in [0, 0.05) is 25.1 Å². The summed E-state index contributed by atoms with van der Waals surface area (Å²) in [5.41, 5.74) is 1.71. The van der Waals surface area contributed by atoms with Crippen LogP contribution < -0.4 is 0 Å². The highest BCUT2D eigenvalue weighted by Gasteiger charge is 2.30. The maximum Gasteiger partial charge on any atom is 0.243 e. The molecule has 0 saturated heterocycles. The topological polar surface area (TPSA) is 54.5 Å². The first-order valence-electron chi connectivity index (χ1n) is 7.37. The molecule has 0 radical (unpaired) electrons. The molecule has 0 unspecified atom stereocenters. The van der Waals surface area contributed by atoms with Crippen molar-refractivity contribution in [3.63, 3.8) is 0 Å². The van der Waals surface area contributed by atoms with Gasteiger partial charge in [-0.1, -0.05) is 17.7 Å². The second-order valence-electron chi connectivity index (χ2n) is 5.75. The Kier molecular flexibility index (Phi) is 4.59. The Hall–Kier alpha value is -1.57. The lowest BCUT2D eigenvalue weighted by atomic mass is 10.0. The Morgan fingerprint density at radius 3 is 2.50 bits per heavy atom. The Bertz CT molecular complexity index is 910. The fraction of sp³-hybridized carbons (Fsp3) is 0.235. The van der Waals surface area contributed by atoms with E-state index in [1.54, 1.807) is 24.3 Å². The van der Waals surface area contributed by atoms with Crippen molar-refractivity contribution >= 4 is 31.7 Å². The van der Waals surface area contributed by atoms with E-state index in [4.69, 9.17) is 0 Å². The fourth-order valence-electron chi connectivity index (χ4n) is 2.67. The number of carbonyl (C=O) groups is 1. The van der Waals surface area contributed by atoms with Crippen molar-refractivity contribution in [1.82, 2.24) is 4.31 Å². The molecule has 1 heterocycles. The molecule has 0 fully saturated rings. The van der Waals surface area contributed by atoms with Crippen LogP contribution in [0.2, 0.25) is 0 Å². The van der Waals surface area contributed by atoms with E-state index in [-0.39, 0.29) is 40.2 Å². The van der Waals surface area contributed by atoms with Crippen LogP contribution in [0.3, 0.4) is 0 Å². The molecule has 0 aliphatic carbocycles. The summed E-state index contributed by atoms with van der Waals surface area (Å²) in [4.78, 5) is 12.4. The third-order valence-electron chi connectivity index (χ3n) is 4.04. The third kappa shape index (κ3) is 3.16. The van der Waals surface area contributed by atoms with Gasteiger partial charge in [0.1, 0.15) is 5.82 Å². The van der Waals surface area contributed by atoms with Crippen LogP contribution in [0.15, 0.2) is 45.8 Å². The minimum atomic E-state index is -3.72. The summed E-state index contributed by atoms with van der Waals surface area (Å²) in [5.74, 6) is -0.782. The number of nitrogens with zero attached hydrogens (tertiary/aromatic N) is 1. The lowest BCUT2D eigenvalue weighted by Crippen LogP contribution is -2.31. The fourth-order valence-corrected chi connectivity index (χ4v) is 4.48. The van der Waals surface area contributed by atoms with E-state index in [1.165, 1.54) is 16.4 Å². The number of rotatable bonds is 2. The number of Topliss-reactive ketones (excluding diaryl/α,β-unsaturated/α-hetero) is 1. The second kappa shape index (κ2) is 6.38. The predicted octanol–water partition coefficient (Wildman–Crippen LogP) is 3.67. The van der Waals surface area contributed by atoms with Crippen LogP contribution in [0, 0.1) is 12.7 Å². The quantitative estimate of drug-likeness (QED) is 0.757. The molecular weight excluding hydrogens is 397 g/mol. The first kappa shape index (κ1) is 17.3. The van der Waals surface area contributed by atoms with Crippen molar-refractivity contribution in [1.29, 1.82) is 0 Å². The van der Waals surface area contributed by atoms with Gasteiger partial charge in [-0.3, -0.25) is 4.79 Å². The first-order chi connectivity index (χ1) is 11.3. The molecule has 0 atom stereocenters. The molecule has 7 heteroatoms. The number of sulfonamides is 1. The Labute approximate surface area is 148 Å². The molecule has 3 rings (SSSR count). The molecule has 1 aliphatic rings. The average molecular weight is 412 g/mol. The van der Waals surface area contributed by atoms with Crippen molar-refractivity contribution in [2.75, 3.05) is 6.54 Å². The van der Waals surface area contributed by atoms with Gasteiger partial charge >= 0.3 is 0 Å². The monoisotopic (exact) mass is 411 g/mol. The van der Waals surface area contributed by atoms with Crippen molar-refractivity contribution in [3.05, 3.63) is 63.4 Å². The summed E-state index contributed by atoms with van der Waals surface area (Å²) in [5, 5.41) is 0. The number of carbonyl (C=O) groups excluding carboxylic acids is 1. The second-order valence-corrected chi connectivity index (χ2v) is 8.54. The third-order valence-corrected chi connectivity index (χ3v) is 6.51. The molecule has 2 aromatic carbocycles. The van der Waals surface area contributed by atoms with Crippen LogP contribution in [0.5, 0.6) is 0 Å². The van der Waals surface area contributed by atoms with E-state index < -0.39 is 15.8 Å². The number of halogens is 2. The van der Waals surface area contributed by atoms with E-state index in [9.17, 15) is 17.6 Å². The van der Waals surface area contributed by atoms with E-state index in [0.717, 1.165) is 5.56 Å². The first-order valence-corrected chi connectivity index (χ1v) is 9.60. The molecule has 2 aromatic rings. The Balaban J connectivity index is 2.02. The summed E-state index contributed by atoms with van der Waals surface area (Å²) in [6, 6.07) is 9.22. The summed E-state index contributed by atoms with van der Waals surface area (Å²) in [6.45, 7) is 1.99. The minimum absolute atomic E-state index is 0.0269. The SMILES string of the molecule is Cc1ccc(S(=O)(=O)N2CCC(=O)c3cc(F)c(Br)cc3C2)cc1. The summed E-state index contributed by atoms with van der Waals surface area (Å²) in [7, 11) is -3.72. The summed E-state index contributed by atoms with van der Waals surface area (Å²) >= 11 is 3.09. The Morgan fingerprint density at radius 2 is 1.83 bits per heavy atom. The summed E-state index contributed by atoms with van der Waals surface area (Å²) in [6.07, 6.45) is 0.0269. The predicted molar refractivity (Wildman–Crippen MR) is 91.8 cm³/mol. The molecule has 0 aromatic heterocycles. The van der Waals surface area contributed by atoms with Gasteiger partial charge in [-0.2, -0.15) is 4.31 Å². The van der Waals surface area contributed by atoms with Crippen LogP contribution in [0.25, 0.3) is 0 Å². The van der Waals surface area contributed by atoms with E-state index in [0.29, 0.717) is 5.56 Å². The van der Waals surface area contributed by atoms with Crippen molar-refractivity contribution in [3.8, 4) is 0 Å². The van der Waals surface area contributed by atoms with Crippen LogP contribution in [-0.2, 0) is 16.6 Å². The lowest BCUT2D eigenvalue weighted by molar-refractivity contribution is 0.0981. The van der Waals surface area contributed by atoms with E-state index in [2.05, 4.69) is 15.9 Å². The van der Waals surface area contributed by atoms with Gasteiger partial charge in [0.2, 0.25) is 10.0 Å². The number of hydrogen-bond acceptors (Lipinski definition) is 3. The molecular formula is C17H15BrFNO3S. The molecule has 0 spiro atoms. The maximum absolute atomic E-state index is 13.7. The molecule has 1 aliphatic heterocycles. The van der Waals surface area contributed by atoms with Crippen molar-refractivity contribution < 1.29 is 17.6 Å². The molecule has 0 saturated carbocycles. The zero-order valence-electron chi connectivity index (χ0n) is 12.9. The lowest BCUT2D eigenvalue weighted by Gasteiger charge is -2.20. The van der Waals surface area contributed by atoms with Crippen LogP contribution in [0.4, 0.5) is 4.39 Å². The van der Waals surface area contributed by atoms with E-state index in [1.807, 2.05) is 6.92 Å². The molecule has 0 amide bonds. The molecule has 126 valence electrons.